The van der Waals surface area contributed by atoms with E-state index >= 15 is 0 Å². The first-order valence-corrected chi connectivity index (χ1v) is 5.27. The molecule has 0 saturated carbocycles. The van der Waals surface area contributed by atoms with Gasteiger partial charge in [-0.05, 0) is 0 Å². The zero-order valence-corrected chi connectivity index (χ0v) is 8.59. The summed E-state index contributed by atoms with van der Waals surface area (Å²) in [5, 5.41) is 0.295. The lowest BCUT2D eigenvalue weighted by Crippen LogP contribution is -2.70. The number of carbonyl (C=O) groups is 2. The van der Waals surface area contributed by atoms with Crippen molar-refractivity contribution < 1.29 is 31.6 Å². The number of carbonyl (C=O) groups excluding carboxylic acids is 2. The summed E-state index contributed by atoms with van der Waals surface area (Å²) < 4.78 is 37.2. The summed E-state index contributed by atoms with van der Waals surface area (Å²) in [7, 11) is -4.83. The van der Waals surface area contributed by atoms with E-state index in [2.05, 4.69) is 14.8 Å². The quantitative estimate of drug-likeness (QED) is 0.362. The fourth-order valence-electron chi connectivity index (χ4n) is 1.07. The number of primary amides is 1. The van der Waals surface area contributed by atoms with Gasteiger partial charge in [0, 0.05) is 0 Å². The van der Waals surface area contributed by atoms with Gasteiger partial charge in [0.25, 0.3) is 5.91 Å². The van der Waals surface area contributed by atoms with E-state index in [1.807, 2.05) is 0 Å². The Morgan fingerprint density at radius 3 is 2.56 bits per heavy atom. The van der Waals surface area contributed by atoms with Gasteiger partial charge in [0.2, 0.25) is 0 Å². The average molecular weight is 255 g/mol. The summed E-state index contributed by atoms with van der Waals surface area (Å²) in [4.78, 5) is 21.3. The smallest absolute Gasteiger partial charge is 0.418 e. The van der Waals surface area contributed by atoms with E-state index in [0.29, 0.717) is 5.06 Å². The van der Waals surface area contributed by atoms with Gasteiger partial charge in [0.15, 0.2) is 0 Å². The average Bonchev–Trinajstić information content (AvgIpc) is 2.13. The summed E-state index contributed by atoms with van der Waals surface area (Å²) in [5.41, 5.74) is 9.94. The molecule has 2 atom stereocenters. The van der Waals surface area contributed by atoms with Gasteiger partial charge >= 0.3 is 16.5 Å². The van der Waals surface area contributed by atoms with Gasteiger partial charge in [0.05, 0.1) is 0 Å². The van der Waals surface area contributed by atoms with Crippen LogP contribution in [0, 0.1) is 0 Å². The van der Waals surface area contributed by atoms with E-state index in [9.17, 15) is 18.0 Å². The van der Waals surface area contributed by atoms with Crippen molar-refractivity contribution in [2.24, 2.45) is 11.5 Å². The van der Waals surface area contributed by atoms with Gasteiger partial charge < -0.3 is 16.2 Å². The molecule has 0 bridgehead atoms. The number of nitrogens with zero attached hydrogens (tertiary/aromatic N) is 1. The minimum Gasteiger partial charge on any atom is -0.447 e. The number of nitrogens with two attached hydrogens (primary N) is 2. The molecular weight excluding hydrogens is 246 g/mol. The molecule has 5 N–H and O–H groups in total. The fourth-order valence-corrected chi connectivity index (χ4v) is 1.46. The van der Waals surface area contributed by atoms with Crippen LogP contribution in [0.25, 0.3) is 0 Å². The Kier molecular flexibility index (Phi) is 3.32. The van der Waals surface area contributed by atoms with Crippen LogP contribution in [0.5, 0.6) is 0 Å². The van der Waals surface area contributed by atoms with Crippen molar-refractivity contribution in [1.29, 1.82) is 0 Å². The maximum absolute atomic E-state index is 11.0. The van der Waals surface area contributed by atoms with Crippen LogP contribution in [-0.4, -0.2) is 48.7 Å². The van der Waals surface area contributed by atoms with Gasteiger partial charge in [0.1, 0.15) is 18.7 Å². The van der Waals surface area contributed by atoms with E-state index in [-0.39, 0.29) is 0 Å². The third-order valence-corrected chi connectivity index (χ3v) is 2.14. The monoisotopic (exact) mass is 255 g/mol. The molecule has 0 spiro atoms. The first-order valence-electron chi connectivity index (χ1n) is 3.90. The molecule has 1 rings (SSSR count). The summed E-state index contributed by atoms with van der Waals surface area (Å²) >= 11 is 0. The Balaban J connectivity index is 2.61. The van der Waals surface area contributed by atoms with Crippen molar-refractivity contribution in [2.45, 2.75) is 12.1 Å². The summed E-state index contributed by atoms with van der Waals surface area (Å²) in [6.45, 7) is -0.433. The standard InChI is InChI=1S/C5H9N3O7S/c6-3-2(1-14-5(7)10)8(4(3)9)15-16(11,12)13/h2-3H,1,6H2,(H2,7,10)(H,11,12,13). The van der Waals surface area contributed by atoms with Crippen LogP contribution in [0.3, 0.4) is 0 Å². The molecule has 0 aromatic carbocycles. The van der Waals surface area contributed by atoms with E-state index in [0.717, 1.165) is 0 Å². The number of rotatable bonds is 4. The molecule has 2 unspecified atom stereocenters. The second kappa shape index (κ2) is 4.21. The zero-order valence-electron chi connectivity index (χ0n) is 7.77. The van der Waals surface area contributed by atoms with Gasteiger partial charge in [-0.25, -0.2) is 4.79 Å². The molecule has 1 fully saturated rings. The van der Waals surface area contributed by atoms with E-state index < -0.39 is 41.1 Å². The number of ether oxygens (including phenoxy) is 1. The molecule has 0 radical (unpaired) electrons. The first-order chi connectivity index (χ1) is 7.22. The fraction of sp³-hybridized carbons (Fsp3) is 0.600. The minimum atomic E-state index is -4.83. The first kappa shape index (κ1) is 12.6. The Labute approximate surface area is 90.0 Å². The third kappa shape index (κ3) is 2.79. The highest BCUT2D eigenvalue weighted by atomic mass is 32.3. The SMILES string of the molecule is NC(=O)OCC1C(N)C(=O)N1OS(=O)(=O)O. The molecule has 10 nitrogen and oxygen atoms in total. The molecule has 92 valence electrons. The topological polar surface area (TPSA) is 162 Å². The largest absolute Gasteiger partial charge is 0.447 e. The van der Waals surface area contributed by atoms with E-state index in [1.165, 1.54) is 0 Å². The van der Waals surface area contributed by atoms with Crippen LogP contribution in [0.4, 0.5) is 4.79 Å². The van der Waals surface area contributed by atoms with Gasteiger partial charge in [-0.2, -0.15) is 13.5 Å². The van der Waals surface area contributed by atoms with Gasteiger partial charge in [-0.15, -0.1) is 4.28 Å². The summed E-state index contributed by atoms with van der Waals surface area (Å²) in [5.74, 6) is -0.865. The lowest BCUT2D eigenvalue weighted by atomic mass is 10.0. The molecule has 1 heterocycles. The number of β-lactam (4-membered cyclic amide) rings is 1. The number of amides is 2. The molecule has 0 aliphatic carbocycles. The Hall–Kier alpha value is -1.43. The van der Waals surface area contributed by atoms with Crippen LogP contribution < -0.4 is 11.5 Å². The highest BCUT2D eigenvalue weighted by molar-refractivity contribution is 7.80. The lowest BCUT2D eigenvalue weighted by Gasteiger charge is -2.41. The normalized spacial score (nSPS) is 25.1. The zero-order chi connectivity index (χ0) is 12.5. The van der Waals surface area contributed by atoms with Gasteiger partial charge in [-0.3, -0.25) is 9.35 Å². The Bertz CT molecular complexity index is 406. The predicted molar refractivity (Wildman–Crippen MR) is 46.8 cm³/mol. The van der Waals surface area contributed by atoms with Crippen LogP contribution in [0.15, 0.2) is 0 Å². The summed E-state index contributed by atoms with van der Waals surface area (Å²) in [6.07, 6.45) is -1.11. The maximum atomic E-state index is 11.0. The van der Waals surface area contributed by atoms with Crippen LogP contribution in [-0.2, 0) is 24.2 Å². The third-order valence-electron chi connectivity index (χ3n) is 1.79. The van der Waals surface area contributed by atoms with Gasteiger partial charge in [-0.1, -0.05) is 0 Å². The minimum absolute atomic E-state index is 0.295. The predicted octanol–water partition coefficient (Wildman–Crippen LogP) is -2.65. The van der Waals surface area contributed by atoms with Crippen molar-refractivity contribution in [2.75, 3.05) is 6.61 Å². The Morgan fingerprint density at radius 1 is 1.56 bits per heavy atom. The van der Waals surface area contributed by atoms with Crippen LogP contribution >= 0.6 is 0 Å². The van der Waals surface area contributed by atoms with Crippen LogP contribution in [0.2, 0.25) is 0 Å². The second-order valence-corrected chi connectivity index (χ2v) is 3.89. The lowest BCUT2D eigenvalue weighted by molar-refractivity contribution is -0.199. The molecular formula is C5H9N3O7S. The number of hydroxylamine groups is 2. The van der Waals surface area contributed by atoms with E-state index in [1.54, 1.807) is 0 Å². The Morgan fingerprint density at radius 2 is 2.12 bits per heavy atom. The number of hydrogen-bond donors (Lipinski definition) is 3. The van der Waals surface area contributed by atoms with Crippen molar-refractivity contribution in [1.82, 2.24) is 5.06 Å². The van der Waals surface area contributed by atoms with E-state index in [4.69, 9.17) is 10.3 Å². The molecule has 1 aliphatic heterocycles. The van der Waals surface area contributed by atoms with Crippen molar-refractivity contribution >= 4 is 22.4 Å². The van der Waals surface area contributed by atoms with Crippen molar-refractivity contribution in [3.63, 3.8) is 0 Å². The molecule has 0 aromatic heterocycles. The van der Waals surface area contributed by atoms with Crippen molar-refractivity contribution in [3.8, 4) is 0 Å². The van der Waals surface area contributed by atoms with Crippen molar-refractivity contribution in [3.05, 3.63) is 0 Å². The molecule has 11 heteroatoms. The molecule has 2 amide bonds. The molecule has 1 aliphatic rings. The molecule has 16 heavy (non-hydrogen) atoms. The molecule has 0 aromatic rings. The van der Waals surface area contributed by atoms with Crippen LogP contribution in [0.1, 0.15) is 0 Å². The maximum Gasteiger partial charge on any atom is 0.418 e. The summed E-state index contributed by atoms with van der Waals surface area (Å²) in [6, 6.07) is -2.09. The highest BCUT2D eigenvalue weighted by Crippen LogP contribution is 2.20. The second-order valence-electron chi connectivity index (χ2n) is 2.89. The number of hydrogen-bond acceptors (Lipinski definition) is 7. The highest BCUT2D eigenvalue weighted by Gasteiger charge is 2.49. The molecule has 1 saturated heterocycles.